The van der Waals surface area contributed by atoms with E-state index in [4.69, 9.17) is 11.6 Å². The zero-order valence-electron chi connectivity index (χ0n) is 15.4. The minimum absolute atomic E-state index is 0.769. The monoisotopic (exact) mass is 381 g/mol. The van der Waals surface area contributed by atoms with Gasteiger partial charge in [-0.25, -0.2) is 4.68 Å². The first-order chi connectivity index (χ1) is 13.2. The Balaban J connectivity index is 1.41. The van der Waals surface area contributed by atoms with Crippen molar-refractivity contribution in [1.82, 2.24) is 20.4 Å². The minimum atomic E-state index is 0.769. The van der Waals surface area contributed by atoms with Gasteiger partial charge in [0.05, 0.1) is 11.9 Å². The fourth-order valence-corrected chi connectivity index (χ4v) is 2.99. The highest BCUT2D eigenvalue weighted by molar-refractivity contribution is 6.30. The van der Waals surface area contributed by atoms with Crippen molar-refractivity contribution in [3.63, 3.8) is 0 Å². The number of guanidine groups is 1. The van der Waals surface area contributed by atoms with E-state index in [2.05, 4.69) is 33.0 Å². The fourth-order valence-electron chi connectivity index (χ4n) is 2.77. The molecule has 2 N–H and O–H groups in total. The average Bonchev–Trinajstić information content (AvgIpc) is 3.16. The summed E-state index contributed by atoms with van der Waals surface area (Å²) in [5.41, 5.74) is 3.45. The Bertz CT molecular complexity index is 873. The fraction of sp³-hybridized carbons (Fsp3) is 0.238. The Hall–Kier alpha value is -2.79. The molecule has 140 valence electrons. The van der Waals surface area contributed by atoms with Crippen LogP contribution in [0.5, 0.6) is 0 Å². The van der Waals surface area contributed by atoms with Crippen LogP contribution in [-0.4, -0.2) is 35.9 Å². The van der Waals surface area contributed by atoms with Crippen molar-refractivity contribution >= 4 is 17.6 Å². The summed E-state index contributed by atoms with van der Waals surface area (Å²) < 4.78 is 1.90. The van der Waals surface area contributed by atoms with Gasteiger partial charge < -0.3 is 10.6 Å². The van der Waals surface area contributed by atoms with Crippen molar-refractivity contribution in [2.45, 2.75) is 12.8 Å². The van der Waals surface area contributed by atoms with Gasteiger partial charge in [-0.2, -0.15) is 5.10 Å². The third-order valence-corrected chi connectivity index (χ3v) is 4.42. The van der Waals surface area contributed by atoms with Crippen LogP contribution in [0.25, 0.3) is 5.69 Å². The van der Waals surface area contributed by atoms with Gasteiger partial charge in [-0.05, 0) is 48.2 Å². The van der Waals surface area contributed by atoms with E-state index in [9.17, 15) is 0 Å². The highest BCUT2D eigenvalue weighted by Gasteiger charge is 2.02. The zero-order valence-corrected chi connectivity index (χ0v) is 16.2. The van der Waals surface area contributed by atoms with Crippen LogP contribution in [0, 0.1) is 0 Å². The largest absolute Gasteiger partial charge is 0.356 e. The van der Waals surface area contributed by atoms with Crippen molar-refractivity contribution in [2.75, 3.05) is 20.1 Å². The summed E-state index contributed by atoms with van der Waals surface area (Å²) in [6, 6.07) is 18.0. The van der Waals surface area contributed by atoms with Gasteiger partial charge in [0.2, 0.25) is 0 Å². The molecule has 0 saturated heterocycles. The number of nitrogens with zero attached hydrogens (tertiary/aromatic N) is 3. The topological polar surface area (TPSA) is 54.2 Å². The Kier molecular flexibility index (Phi) is 6.88. The van der Waals surface area contributed by atoms with Crippen molar-refractivity contribution in [3.8, 4) is 5.69 Å². The number of aliphatic imine (C=N–C) groups is 1. The molecule has 0 spiro atoms. The normalized spacial score (nSPS) is 11.4. The van der Waals surface area contributed by atoms with Crippen LogP contribution in [0.4, 0.5) is 0 Å². The number of nitrogens with one attached hydrogen (secondary N) is 2. The van der Waals surface area contributed by atoms with E-state index >= 15 is 0 Å². The van der Waals surface area contributed by atoms with E-state index in [-0.39, 0.29) is 0 Å². The molecule has 27 heavy (non-hydrogen) atoms. The lowest BCUT2D eigenvalue weighted by Crippen LogP contribution is -2.39. The summed E-state index contributed by atoms with van der Waals surface area (Å²) in [5, 5.41) is 11.9. The van der Waals surface area contributed by atoms with Crippen molar-refractivity contribution in [2.24, 2.45) is 4.99 Å². The number of para-hydroxylation sites is 1. The molecule has 0 radical (unpaired) electrons. The lowest BCUT2D eigenvalue weighted by Gasteiger charge is -2.11. The third kappa shape index (κ3) is 5.86. The molecular formula is C21H24ClN5. The summed E-state index contributed by atoms with van der Waals surface area (Å²) in [7, 11) is 1.78. The van der Waals surface area contributed by atoms with E-state index in [1.807, 2.05) is 59.4 Å². The van der Waals surface area contributed by atoms with Crippen LogP contribution in [0.2, 0.25) is 5.02 Å². The molecule has 0 amide bonds. The third-order valence-electron chi connectivity index (χ3n) is 4.18. The lowest BCUT2D eigenvalue weighted by atomic mass is 10.1. The molecule has 1 heterocycles. The predicted molar refractivity (Wildman–Crippen MR) is 112 cm³/mol. The SMILES string of the molecule is CN=C(NCCc1cccc(Cl)c1)NCCc1cnn(-c2ccccc2)c1. The maximum atomic E-state index is 6.02. The summed E-state index contributed by atoms with van der Waals surface area (Å²) >= 11 is 6.02. The van der Waals surface area contributed by atoms with Crippen molar-refractivity contribution in [3.05, 3.63) is 83.1 Å². The van der Waals surface area contributed by atoms with Crippen LogP contribution in [-0.2, 0) is 12.8 Å². The van der Waals surface area contributed by atoms with Crippen molar-refractivity contribution < 1.29 is 0 Å². The first kappa shape index (κ1) is 19.0. The lowest BCUT2D eigenvalue weighted by molar-refractivity contribution is 0.784. The second kappa shape index (κ2) is 9.78. The molecule has 6 heteroatoms. The van der Waals surface area contributed by atoms with Gasteiger partial charge >= 0.3 is 0 Å². The Morgan fingerprint density at radius 1 is 1.00 bits per heavy atom. The molecule has 0 aliphatic carbocycles. The van der Waals surface area contributed by atoms with Gasteiger partial charge in [0, 0.05) is 31.4 Å². The van der Waals surface area contributed by atoms with Gasteiger partial charge in [-0.15, -0.1) is 0 Å². The number of aromatic nitrogens is 2. The van der Waals surface area contributed by atoms with E-state index in [0.29, 0.717) is 0 Å². The molecule has 2 aromatic carbocycles. The number of hydrogen-bond acceptors (Lipinski definition) is 2. The Labute approximate surface area is 165 Å². The molecule has 0 aliphatic heterocycles. The van der Waals surface area contributed by atoms with E-state index in [1.165, 1.54) is 11.1 Å². The summed E-state index contributed by atoms with van der Waals surface area (Å²) in [6.45, 7) is 1.59. The van der Waals surface area contributed by atoms with Crippen LogP contribution in [0.15, 0.2) is 72.0 Å². The number of halogens is 1. The smallest absolute Gasteiger partial charge is 0.190 e. The van der Waals surface area contributed by atoms with E-state index in [1.54, 1.807) is 7.05 Å². The summed E-state index contributed by atoms with van der Waals surface area (Å²) in [4.78, 5) is 4.27. The average molecular weight is 382 g/mol. The zero-order chi connectivity index (χ0) is 18.9. The van der Waals surface area contributed by atoms with E-state index < -0.39 is 0 Å². The molecule has 0 aliphatic rings. The highest BCUT2D eigenvalue weighted by atomic mass is 35.5. The van der Waals surface area contributed by atoms with E-state index in [0.717, 1.165) is 42.6 Å². The Morgan fingerprint density at radius 2 is 1.74 bits per heavy atom. The van der Waals surface area contributed by atoms with Crippen LogP contribution >= 0.6 is 11.6 Å². The van der Waals surface area contributed by atoms with Gasteiger partial charge in [0.25, 0.3) is 0 Å². The molecule has 1 aromatic heterocycles. The number of hydrogen-bond donors (Lipinski definition) is 2. The number of rotatable bonds is 7. The van der Waals surface area contributed by atoms with Crippen LogP contribution < -0.4 is 10.6 Å². The summed E-state index contributed by atoms with van der Waals surface area (Å²) in [6.07, 6.45) is 5.74. The standard InChI is InChI=1S/C21H24ClN5/c1-23-21(24-12-10-17-6-5-7-19(22)14-17)25-13-11-18-15-26-27(16-18)20-8-3-2-4-9-20/h2-9,14-16H,10-13H2,1H3,(H2,23,24,25). The maximum Gasteiger partial charge on any atom is 0.190 e. The Morgan fingerprint density at radius 3 is 2.44 bits per heavy atom. The molecule has 5 nitrogen and oxygen atoms in total. The molecule has 0 unspecified atom stereocenters. The van der Waals surface area contributed by atoms with Crippen LogP contribution in [0.1, 0.15) is 11.1 Å². The van der Waals surface area contributed by atoms with Crippen molar-refractivity contribution in [1.29, 1.82) is 0 Å². The van der Waals surface area contributed by atoms with Gasteiger partial charge in [0.1, 0.15) is 0 Å². The summed E-state index contributed by atoms with van der Waals surface area (Å²) in [5.74, 6) is 0.799. The second-order valence-electron chi connectivity index (χ2n) is 6.18. The van der Waals surface area contributed by atoms with Crippen LogP contribution in [0.3, 0.4) is 0 Å². The first-order valence-corrected chi connectivity index (χ1v) is 9.40. The molecule has 3 aromatic rings. The van der Waals surface area contributed by atoms with Gasteiger partial charge in [-0.3, -0.25) is 4.99 Å². The highest BCUT2D eigenvalue weighted by Crippen LogP contribution is 2.10. The first-order valence-electron chi connectivity index (χ1n) is 9.02. The molecule has 0 atom stereocenters. The molecule has 0 bridgehead atoms. The predicted octanol–water partition coefficient (Wildman–Crippen LogP) is 3.48. The quantitative estimate of drug-likeness (QED) is 0.486. The van der Waals surface area contributed by atoms with Gasteiger partial charge in [-0.1, -0.05) is 41.9 Å². The number of benzene rings is 2. The molecule has 3 rings (SSSR count). The van der Waals surface area contributed by atoms with Gasteiger partial charge in [0.15, 0.2) is 5.96 Å². The molecular weight excluding hydrogens is 358 g/mol. The minimum Gasteiger partial charge on any atom is -0.356 e. The maximum absolute atomic E-state index is 6.02. The molecule has 0 fully saturated rings. The second-order valence-corrected chi connectivity index (χ2v) is 6.62. The molecule has 0 saturated carbocycles.